The molecule has 0 radical (unpaired) electrons. The quantitative estimate of drug-likeness (QED) is 0.881. The maximum atomic E-state index is 12.4. The van der Waals surface area contributed by atoms with Gasteiger partial charge in [-0.25, -0.2) is 13.6 Å². The van der Waals surface area contributed by atoms with E-state index in [1.807, 2.05) is 6.92 Å². The molecular weight excluding hydrogens is 290 g/mol. The van der Waals surface area contributed by atoms with Gasteiger partial charge in [-0.1, -0.05) is 13.8 Å². The Morgan fingerprint density at radius 3 is 2.67 bits per heavy atom. The van der Waals surface area contributed by atoms with Gasteiger partial charge in [0.05, 0.1) is 0 Å². The van der Waals surface area contributed by atoms with Crippen LogP contribution < -0.4 is 10.5 Å². The Labute approximate surface area is 125 Å². The van der Waals surface area contributed by atoms with Crippen molar-refractivity contribution in [3.8, 4) is 0 Å². The molecule has 118 valence electrons. The molecule has 0 aromatic carbocycles. The van der Waals surface area contributed by atoms with Gasteiger partial charge >= 0.3 is 0 Å². The summed E-state index contributed by atoms with van der Waals surface area (Å²) in [6.07, 6.45) is 4.37. The van der Waals surface area contributed by atoms with E-state index in [9.17, 15) is 13.2 Å². The first kappa shape index (κ1) is 16.0. The summed E-state index contributed by atoms with van der Waals surface area (Å²) in [4.78, 5) is 12.3. The Balaban J connectivity index is 2.18. The van der Waals surface area contributed by atoms with Gasteiger partial charge in [0.15, 0.2) is 0 Å². The van der Waals surface area contributed by atoms with E-state index >= 15 is 0 Å². The molecule has 2 rings (SSSR count). The lowest BCUT2D eigenvalue weighted by atomic mass is 9.92. The van der Waals surface area contributed by atoms with Gasteiger partial charge in [0.1, 0.15) is 10.6 Å². The lowest BCUT2D eigenvalue weighted by Gasteiger charge is -2.18. The van der Waals surface area contributed by atoms with Crippen molar-refractivity contribution in [3.63, 3.8) is 0 Å². The number of nitrogens with one attached hydrogen (secondary N) is 1. The maximum absolute atomic E-state index is 12.4. The number of carbonyl (C=O) groups is 1. The summed E-state index contributed by atoms with van der Waals surface area (Å²) in [5.41, 5.74) is 0.586. The monoisotopic (exact) mass is 313 g/mol. The van der Waals surface area contributed by atoms with E-state index in [4.69, 9.17) is 5.14 Å². The van der Waals surface area contributed by atoms with Gasteiger partial charge in [0, 0.05) is 18.8 Å². The number of primary sulfonamides is 1. The molecule has 0 aliphatic heterocycles. The minimum atomic E-state index is -3.79. The summed E-state index contributed by atoms with van der Waals surface area (Å²) in [6, 6.07) is 1.49. The molecule has 1 aromatic heterocycles. The fraction of sp³-hybridized carbons (Fsp3) is 0.643. The van der Waals surface area contributed by atoms with Crippen molar-refractivity contribution < 1.29 is 13.2 Å². The molecule has 1 heterocycles. The number of sulfonamides is 1. The lowest BCUT2D eigenvalue weighted by molar-refractivity contribution is 0.0926. The minimum Gasteiger partial charge on any atom is -0.348 e. The van der Waals surface area contributed by atoms with Crippen LogP contribution in [0.1, 0.15) is 50.5 Å². The highest BCUT2D eigenvalue weighted by Crippen LogP contribution is 2.37. The normalized spacial score (nSPS) is 21.4. The SMILES string of the molecule is CCn1cc(S(N)(=O)=O)cc1C(=O)NC1CCC(C)(C)C1. The number of rotatable bonds is 4. The number of hydrogen-bond acceptors (Lipinski definition) is 3. The third-order valence-electron chi connectivity index (χ3n) is 4.08. The summed E-state index contributed by atoms with van der Waals surface area (Å²) >= 11 is 0. The zero-order valence-electron chi connectivity index (χ0n) is 12.7. The topological polar surface area (TPSA) is 94.2 Å². The number of aryl methyl sites for hydroxylation is 1. The van der Waals surface area contributed by atoms with Crippen LogP contribution in [0.3, 0.4) is 0 Å². The molecule has 1 saturated carbocycles. The molecule has 1 amide bonds. The van der Waals surface area contributed by atoms with Crippen LogP contribution in [0.25, 0.3) is 0 Å². The highest BCUT2D eigenvalue weighted by atomic mass is 32.2. The van der Waals surface area contributed by atoms with Crippen LogP contribution in [0.5, 0.6) is 0 Å². The average molecular weight is 313 g/mol. The standard InChI is InChI=1S/C14H23N3O3S/c1-4-17-9-11(21(15,19)20)7-12(17)13(18)16-10-5-6-14(2,3)8-10/h7,9-10H,4-6,8H2,1-3H3,(H,16,18)(H2,15,19,20). The van der Waals surface area contributed by atoms with Crippen LogP contribution in [-0.2, 0) is 16.6 Å². The van der Waals surface area contributed by atoms with Gasteiger partial charge in [-0.15, -0.1) is 0 Å². The van der Waals surface area contributed by atoms with Gasteiger partial charge < -0.3 is 9.88 Å². The number of nitrogens with zero attached hydrogens (tertiary/aromatic N) is 1. The molecule has 1 aliphatic rings. The summed E-state index contributed by atoms with van der Waals surface area (Å²) in [7, 11) is -3.79. The second kappa shape index (κ2) is 5.46. The first-order chi connectivity index (χ1) is 9.62. The van der Waals surface area contributed by atoms with Crippen molar-refractivity contribution in [2.24, 2.45) is 10.6 Å². The van der Waals surface area contributed by atoms with Crippen molar-refractivity contribution in [1.29, 1.82) is 0 Å². The molecule has 0 spiro atoms. The van der Waals surface area contributed by atoms with Crippen LogP contribution in [-0.4, -0.2) is 24.9 Å². The van der Waals surface area contributed by atoms with Crippen LogP contribution in [0.2, 0.25) is 0 Å². The van der Waals surface area contributed by atoms with E-state index in [0.29, 0.717) is 12.2 Å². The maximum Gasteiger partial charge on any atom is 0.268 e. The van der Waals surface area contributed by atoms with E-state index in [2.05, 4.69) is 19.2 Å². The fourth-order valence-electron chi connectivity index (χ4n) is 2.91. The molecular formula is C14H23N3O3S. The Kier molecular flexibility index (Phi) is 4.17. The molecule has 7 heteroatoms. The van der Waals surface area contributed by atoms with Crippen molar-refractivity contribution in [2.75, 3.05) is 0 Å². The number of hydrogen-bond donors (Lipinski definition) is 2. The molecule has 6 nitrogen and oxygen atoms in total. The van der Waals surface area contributed by atoms with Crippen LogP contribution >= 0.6 is 0 Å². The van der Waals surface area contributed by atoms with E-state index in [-0.39, 0.29) is 22.3 Å². The van der Waals surface area contributed by atoms with Crippen LogP contribution in [0.4, 0.5) is 0 Å². The van der Waals surface area contributed by atoms with E-state index in [0.717, 1.165) is 19.3 Å². The zero-order valence-corrected chi connectivity index (χ0v) is 13.5. The first-order valence-corrected chi connectivity index (χ1v) is 8.71. The minimum absolute atomic E-state index is 0.0266. The molecule has 21 heavy (non-hydrogen) atoms. The van der Waals surface area contributed by atoms with Gasteiger partial charge in [0.25, 0.3) is 5.91 Å². The molecule has 1 aromatic rings. The highest BCUT2D eigenvalue weighted by molar-refractivity contribution is 7.89. The van der Waals surface area contributed by atoms with E-state index in [1.54, 1.807) is 4.57 Å². The van der Waals surface area contributed by atoms with E-state index in [1.165, 1.54) is 12.3 Å². The summed E-state index contributed by atoms with van der Waals surface area (Å²) in [5.74, 6) is -0.241. The Morgan fingerprint density at radius 2 is 2.19 bits per heavy atom. The van der Waals surface area contributed by atoms with Crippen molar-refractivity contribution in [2.45, 2.75) is 57.5 Å². The predicted molar refractivity (Wildman–Crippen MR) is 80.4 cm³/mol. The molecule has 1 unspecified atom stereocenters. The summed E-state index contributed by atoms with van der Waals surface area (Å²) in [6.45, 7) is 6.73. The number of carbonyl (C=O) groups excluding carboxylic acids is 1. The Morgan fingerprint density at radius 1 is 1.52 bits per heavy atom. The van der Waals surface area contributed by atoms with Crippen molar-refractivity contribution in [3.05, 3.63) is 18.0 Å². The summed E-state index contributed by atoms with van der Waals surface area (Å²) in [5, 5.41) is 8.12. The van der Waals surface area contributed by atoms with Gasteiger partial charge in [-0.05, 0) is 37.7 Å². The molecule has 3 N–H and O–H groups in total. The zero-order chi connectivity index (χ0) is 15.8. The third kappa shape index (κ3) is 3.65. The van der Waals surface area contributed by atoms with Gasteiger partial charge in [0.2, 0.25) is 10.0 Å². The van der Waals surface area contributed by atoms with Gasteiger partial charge in [-0.2, -0.15) is 0 Å². The average Bonchev–Trinajstić information content (AvgIpc) is 2.91. The Hall–Kier alpha value is -1.34. The van der Waals surface area contributed by atoms with E-state index < -0.39 is 10.0 Å². The highest BCUT2D eigenvalue weighted by Gasteiger charge is 2.32. The second-order valence-electron chi connectivity index (χ2n) is 6.47. The second-order valence-corrected chi connectivity index (χ2v) is 8.03. The number of aromatic nitrogens is 1. The van der Waals surface area contributed by atoms with Crippen LogP contribution in [0, 0.1) is 5.41 Å². The first-order valence-electron chi connectivity index (χ1n) is 7.16. The smallest absolute Gasteiger partial charge is 0.268 e. The third-order valence-corrected chi connectivity index (χ3v) is 4.96. The van der Waals surface area contributed by atoms with Gasteiger partial charge in [-0.3, -0.25) is 4.79 Å². The lowest BCUT2D eigenvalue weighted by Crippen LogP contribution is -2.34. The van der Waals surface area contributed by atoms with Crippen LogP contribution in [0.15, 0.2) is 17.2 Å². The summed E-state index contributed by atoms with van der Waals surface area (Å²) < 4.78 is 24.4. The Bertz CT molecular complexity index is 646. The fourth-order valence-corrected chi connectivity index (χ4v) is 3.46. The molecule has 1 atom stereocenters. The molecule has 0 saturated heterocycles. The molecule has 0 bridgehead atoms. The largest absolute Gasteiger partial charge is 0.348 e. The number of nitrogens with two attached hydrogens (primary N) is 1. The number of amides is 1. The molecule has 1 fully saturated rings. The van der Waals surface area contributed by atoms with Crippen molar-refractivity contribution in [1.82, 2.24) is 9.88 Å². The molecule has 1 aliphatic carbocycles. The van der Waals surface area contributed by atoms with Crippen molar-refractivity contribution >= 4 is 15.9 Å². The predicted octanol–water partition coefficient (Wildman–Crippen LogP) is 1.46.